The van der Waals surface area contributed by atoms with Gasteiger partial charge in [0.15, 0.2) is 11.5 Å². The number of aromatic hydroxyl groups is 1. The van der Waals surface area contributed by atoms with Crippen molar-refractivity contribution in [1.29, 1.82) is 0 Å². The molecular weight excluding hydrogens is 330 g/mol. The average Bonchev–Trinajstić information content (AvgIpc) is 3.12. The molecule has 1 aromatic carbocycles. The van der Waals surface area contributed by atoms with Gasteiger partial charge in [-0.05, 0) is 31.0 Å². The summed E-state index contributed by atoms with van der Waals surface area (Å²) in [6.45, 7) is 0. The quantitative estimate of drug-likeness (QED) is 0.888. The predicted octanol–water partition coefficient (Wildman–Crippen LogP) is 3.16. The third-order valence-electron chi connectivity index (χ3n) is 4.42. The zero-order valence-corrected chi connectivity index (χ0v) is 14.2. The Balaban J connectivity index is 1.79. The summed E-state index contributed by atoms with van der Waals surface area (Å²) >= 11 is 5.97. The third kappa shape index (κ3) is 3.33. The van der Waals surface area contributed by atoms with Crippen LogP contribution in [0.1, 0.15) is 42.1 Å². The maximum Gasteiger partial charge on any atom is 0.251 e. The van der Waals surface area contributed by atoms with E-state index >= 15 is 0 Å². The number of nitrogens with zero attached hydrogens (tertiary/aromatic N) is 2. The van der Waals surface area contributed by atoms with Gasteiger partial charge in [0.25, 0.3) is 5.91 Å². The number of aromatic nitrogens is 2. The highest BCUT2D eigenvalue weighted by molar-refractivity contribution is 6.32. The molecule has 3 rings (SSSR count). The van der Waals surface area contributed by atoms with E-state index in [9.17, 15) is 9.90 Å². The van der Waals surface area contributed by atoms with Crippen molar-refractivity contribution in [3.8, 4) is 11.5 Å². The smallest absolute Gasteiger partial charge is 0.251 e. The van der Waals surface area contributed by atoms with E-state index in [2.05, 4.69) is 10.4 Å². The van der Waals surface area contributed by atoms with E-state index < -0.39 is 0 Å². The lowest BCUT2D eigenvalue weighted by Gasteiger charge is -2.32. The summed E-state index contributed by atoms with van der Waals surface area (Å²) in [5, 5.41) is 17.3. The molecule has 1 aromatic heterocycles. The number of ether oxygens (including phenoxy) is 1. The minimum Gasteiger partial charge on any atom is -0.503 e. The number of carbonyl (C=O) groups excluding carboxylic acids is 1. The van der Waals surface area contributed by atoms with E-state index in [1.165, 1.54) is 19.2 Å². The van der Waals surface area contributed by atoms with Gasteiger partial charge in [-0.1, -0.05) is 24.4 Å². The Morgan fingerprint density at radius 1 is 1.42 bits per heavy atom. The van der Waals surface area contributed by atoms with E-state index in [0.717, 1.165) is 25.7 Å². The molecule has 6 nitrogen and oxygen atoms in total. The van der Waals surface area contributed by atoms with Crippen LogP contribution in [0.3, 0.4) is 0 Å². The summed E-state index contributed by atoms with van der Waals surface area (Å²) in [6.07, 6.45) is 7.75. The van der Waals surface area contributed by atoms with Crippen LogP contribution in [0.2, 0.25) is 5.02 Å². The van der Waals surface area contributed by atoms with Gasteiger partial charge < -0.3 is 15.2 Å². The monoisotopic (exact) mass is 349 g/mol. The van der Waals surface area contributed by atoms with Crippen LogP contribution in [0.5, 0.6) is 11.5 Å². The Morgan fingerprint density at radius 2 is 2.21 bits per heavy atom. The van der Waals surface area contributed by atoms with Gasteiger partial charge in [0, 0.05) is 18.0 Å². The fourth-order valence-electron chi connectivity index (χ4n) is 3.19. The standard InChI is InChI=1S/C17H20ClN3O3/c1-24-15-10-11(9-12(18)16(15)22)17(23)20-13-5-2-3-6-14(13)21-8-4-7-19-21/h4,7-10,13-14,22H,2-3,5-6H2,1H3,(H,20,23)/t13-,14-/m1/s1. The fraction of sp³-hybridized carbons (Fsp3) is 0.412. The highest BCUT2D eigenvalue weighted by Crippen LogP contribution is 2.35. The molecular formula is C17H20ClN3O3. The number of benzene rings is 1. The molecule has 1 aliphatic rings. The lowest BCUT2D eigenvalue weighted by Crippen LogP contribution is -2.43. The maximum absolute atomic E-state index is 12.6. The van der Waals surface area contributed by atoms with Crippen molar-refractivity contribution < 1.29 is 14.6 Å². The number of nitrogens with one attached hydrogen (secondary N) is 1. The van der Waals surface area contributed by atoms with E-state index in [-0.39, 0.29) is 34.5 Å². The van der Waals surface area contributed by atoms with Gasteiger partial charge in [0.05, 0.1) is 24.2 Å². The molecule has 0 radical (unpaired) electrons. The van der Waals surface area contributed by atoms with Crippen LogP contribution < -0.4 is 10.1 Å². The highest BCUT2D eigenvalue weighted by atomic mass is 35.5. The minimum absolute atomic E-state index is 0.00437. The normalized spacial score (nSPS) is 20.6. The first-order valence-electron chi connectivity index (χ1n) is 7.96. The molecule has 2 atom stereocenters. The molecule has 7 heteroatoms. The second-order valence-corrected chi connectivity index (χ2v) is 6.33. The van der Waals surface area contributed by atoms with Crippen LogP contribution >= 0.6 is 11.6 Å². The van der Waals surface area contributed by atoms with Crippen LogP contribution in [0, 0.1) is 0 Å². The van der Waals surface area contributed by atoms with Gasteiger partial charge in [0.1, 0.15) is 0 Å². The van der Waals surface area contributed by atoms with Gasteiger partial charge in [0.2, 0.25) is 0 Å². The number of phenolic OH excluding ortho intramolecular Hbond substituents is 1. The minimum atomic E-state index is -0.237. The molecule has 1 fully saturated rings. The van der Waals surface area contributed by atoms with Gasteiger partial charge in [-0.25, -0.2) is 0 Å². The number of amides is 1. The number of methoxy groups -OCH3 is 1. The van der Waals surface area contributed by atoms with Crippen LogP contribution in [-0.4, -0.2) is 33.9 Å². The Labute approximate surface area is 145 Å². The maximum atomic E-state index is 12.6. The molecule has 1 saturated carbocycles. The SMILES string of the molecule is COc1cc(C(=O)N[C@@H]2CCCC[C@H]2n2cccn2)cc(Cl)c1O. The number of halogens is 1. The Hall–Kier alpha value is -2.21. The average molecular weight is 350 g/mol. The predicted molar refractivity (Wildman–Crippen MR) is 90.7 cm³/mol. The highest BCUT2D eigenvalue weighted by Gasteiger charge is 2.28. The molecule has 128 valence electrons. The lowest BCUT2D eigenvalue weighted by molar-refractivity contribution is 0.0905. The molecule has 1 aliphatic carbocycles. The van der Waals surface area contributed by atoms with Gasteiger partial charge in [-0.3, -0.25) is 9.48 Å². The summed E-state index contributed by atoms with van der Waals surface area (Å²) < 4.78 is 6.97. The molecule has 1 heterocycles. The van der Waals surface area contributed by atoms with Crippen molar-refractivity contribution in [3.63, 3.8) is 0 Å². The number of rotatable bonds is 4. The summed E-state index contributed by atoms with van der Waals surface area (Å²) in [4.78, 5) is 12.6. The molecule has 2 aromatic rings. The van der Waals surface area contributed by atoms with Crippen molar-refractivity contribution in [2.45, 2.75) is 37.8 Å². The second-order valence-electron chi connectivity index (χ2n) is 5.93. The largest absolute Gasteiger partial charge is 0.503 e. The Kier molecular flexibility index (Phi) is 4.94. The summed E-state index contributed by atoms with van der Waals surface area (Å²) in [5.41, 5.74) is 0.361. The van der Waals surface area contributed by atoms with E-state index in [4.69, 9.17) is 16.3 Å². The topological polar surface area (TPSA) is 76.4 Å². The van der Waals surface area contributed by atoms with E-state index in [1.807, 2.05) is 16.9 Å². The molecule has 0 unspecified atom stereocenters. The Morgan fingerprint density at radius 3 is 2.92 bits per heavy atom. The molecule has 1 amide bonds. The van der Waals surface area contributed by atoms with Crippen LogP contribution in [-0.2, 0) is 0 Å². The number of carbonyl (C=O) groups is 1. The first kappa shape index (κ1) is 16.6. The van der Waals surface area contributed by atoms with Crippen molar-refractivity contribution in [2.24, 2.45) is 0 Å². The van der Waals surface area contributed by atoms with Crippen molar-refractivity contribution in [3.05, 3.63) is 41.2 Å². The number of phenols is 1. The van der Waals surface area contributed by atoms with Crippen LogP contribution in [0.15, 0.2) is 30.6 Å². The zero-order valence-electron chi connectivity index (χ0n) is 13.4. The first-order chi connectivity index (χ1) is 11.6. The molecule has 0 saturated heterocycles. The summed E-state index contributed by atoms with van der Waals surface area (Å²) in [6, 6.07) is 4.97. The molecule has 0 spiro atoms. The summed E-state index contributed by atoms with van der Waals surface area (Å²) in [7, 11) is 1.42. The van der Waals surface area contributed by atoms with Gasteiger partial charge in [-0.2, -0.15) is 5.10 Å². The van der Waals surface area contributed by atoms with Gasteiger partial charge in [-0.15, -0.1) is 0 Å². The lowest BCUT2D eigenvalue weighted by atomic mass is 9.90. The van der Waals surface area contributed by atoms with Crippen molar-refractivity contribution in [2.75, 3.05) is 7.11 Å². The number of hydrogen-bond acceptors (Lipinski definition) is 4. The second kappa shape index (κ2) is 7.13. The Bertz CT molecular complexity index is 718. The zero-order chi connectivity index (χ0) is 17.1. The molecule has 0 aliphatic heterocycles. The van der Waals surface area contributed by atoms with E-state index in [1.54, 1.807) is 6.20 Å². The summed E-state index contributed by atoms with van der Waals surface area (Å²) in [5.74, 6) is -0.220. The van der Waals surface area contributed by atoms with Crippen molar-refractivity contribution in [1.82, 2.24) is 15.1 Å². The van der Waals surface area contributed by atoms with Crippen molar-refractivity contribution >= 4 is 17.5 Å². The molecule has 24 heavy (non-hydrogen) atoms. The third-order valence-corrected chi connectivity index (χ3v) is 4.71. The molecule has 2 N–H and O–H groups in total. The van der Waals surface area contributed by atoms with E-state index in [0.29, 0.717) is 5.56 Å². The fourth-order valence-corrected chi connectivity index (χ4v) is 3.40. The van der Waals surface area contributed by atoms with Crippen LogP contribution in [0.25, 0.3) is 0 Å². The first-order valence-corrected chi connectivity index (χ1v) is 8.34. The van der Waals surface area contributed by atoms with Gasteiger partial charge >= 0.3 is 0 Å². The van der Waals surface area contributed by atoms with Crippen LogP contribution in [0.4, 0.5) is 0 Å². The number of hydrogen-bond donors (Lipinski definition) is 2. The molecule has 0 bridgehead atoms.